The van der Waals surface area contributed by atoms with Gasteiger partial charge < -0.3 is 20.3 Å². The van der Waals surface area contributed by atoms with Crippen molar-refractivity contribution in [3.63, 3.8) is 0 Å². The number of carbonyl (C=O) groups excluding carboxylic acids is 3. The number of para-hydroxylation sites is 1. The maximum atomic E-state index is 13.6. The minimum absolute atomic E-state index is 0.289. The van der Waals surface area contributed by atoms with Gasteiger partial charge in [-0.3, -0.25) is 9.59 Å². The second-order valence-electron chi connectivity index (χ2n) is 9.38. The highest BCUT2D eigenvalue weighted by Gasteiger charge is 2.32. The van der Waals surface area contributed by atoms with Crippen LogP contribution in [0.5, 0.6) is 0 Å². The number of benzene rings is 2. The summed E-state index contributed by atoms with van der Waals surface area (Å²) >= 11 is 6.35. The Morgan fingerprint density at radius 3 is 2.31 bits per heavy atom. The summed E-state index contributed by atoms with van der Waals surface area (Å²) in [5.41, 5.74) is 1.30. The lowest BCUT2D eigenvalue weighted by Gasteiger charge is -2.32. The van der Waals surface area contributed by atoms with Gasteiger partial charge in [0.15, 0.2) is 0 Å². The number of unbranched alkanes of at least 4 members (excludes halogenated alkanes) is 2. The van der Waals surface area contributed by atoms with E-state index in [1.165, 1.54) is 4.90 Å². The topological polar surface area (TPSA) is 87.7 Å². The fourth-order valence-electron chi connectivity index (χ4n) is 3.58. The molecular formula is C27H36ClN3O4. The van der Waals surface area contributed by atoms with E-state index in [1.54, 1.807) is 26.8 Å². The first-order chi connectivity index (χ1) is 16.5. The van der Waals surface area contributed by atoms with Gasteiger partial charge in [-0.2, -0.15) is 0 Å². The van der Waals surface area contributed by atoms with E-state index in [1.807, 2.05) is 49.4 Å². The predicted molar refractivity (Wildman–Crippen MR) is 139 cm³/mol. The number of nitrogens with zero attached hydrogens (tertiary/aromatic N) is 1. The summed E-state index contributed by atoms with van der Waals surface area (Å²) < 4.78 is 5.25. The number of rotatable bonds is 10. The average molecular weight is 502 g/mol. The number of carbonyl (C=O) groups is 3. The van der Waals surface area contributed by atoms with E-state index in [9.17, 15) is 14.4 Å². The molecule has 0 aliphatic heterocycles. The van der Waals surface area contributed by atoms with Crippen molar-refractivity contribution >= 4 is 35.2 Å². The summed E-state index contributed by atoms with van der Waals surface area (Å²) in [6.45, 7) is 9.24. The molecule has 2 aromatic rings. The van der Waals surface area contributed by atoms with Crippen LogP contribution in [0.3, 0.4) is 0 Å². The molecule has 0 bridgehead atoms. The predicted octanol–water partition coefficient (Wildman–Crippen LogP) is 5.87. The summed E-state index contributed by atoms with van der Waals surface area (Å²) in [6, 6.07) is 13.6. The highest BCUT2D eigenvalue weighted by atomic mass is 35.5. The molecule has 0 aromatic heterocycles. The summed E-state index contributed by atoms with van der Waals surface area (Å²) in [5, 5.41) is 5.86. The number of anilines is 1. The lowest BCUT2D eigenvalue weighted by molar-refractivity contribution is -0.138. The third kappa shape index (κ3) is 8.91. The fourth-order valence-corrected chi connectivity index (χ4v) is 3.85. The van der Waals surface area contributed by atoms with Crippen molar-refractivity contribution in [2.24, 2.45) is 0 Å². The number of aryl methyl sites for hydroxylation is 1. The number of nitrogens with one attached hydrogen (secondary N) is 2. The zero-order valence-corrected chi connectivity index (χ0v) is 21.9. The Morgan fingerprint density at radius 2 is 1.71 bits per heavy atom. The molecule has 3 amide bonds. The Labute approximate surface area is 213 Å². The number of amides is 3. The van der Waals surface area contributed by atoms with Crippen molar-refractivity contribution in [3.05, 3.63) is 64.7 Å². The fraction of sp³-hybridized carbons (Fsp3) is 0.444. The molecule has 35 heavy (non-hydrogen) atoms. The minimum atomic E-state index is -0.906. The van der Waals surface area contributed by atoms with Gasteiger partial charge in [-0.25, -0.2) is 4.79 Å². The van der Waals surface area contributed by atoms with Crippen LogP contribution in [0.25, 0.3) is 0 Å². The highest BCUT2D eigenvalue weighted by molar-refractivity contribution is 6.34. The second kappa shape index (κ2) is 13.1. The molecule has 0 aliphatic carbocycles. The molecule has 0 fully saturated rings. The zero-order valence-electron chi connectivity index (χ0n) is 21.2. The van der Waals surface area contributed by atoms with Crippen LogP contribution in [0.1, 0.15) is 64.1 Å². The third-order valence-corrected chi connectivity index (χ3v) is 5.57. The Bertz CT molecular complexity index is 985. The van der Waals surface area contributed by atoms with Crippen LogP contribution in [0.2, 0.25) is 5.02 Å². The molecule has 1 atom stereocenters. The minimum Gasteiger partial charge on any atom is -0.444 e. The Kier molecular flexibility index (Phi) is 10.6. The van der Waals surface area contributed by atoms with Crippen molar-refractivity contribution < 1.29 is 19.1 Å². The summed E-state index contributed by atoms with van der Waals surface area (Å²) in [7, 11) is 0. The zero-order chi connectivity index (χ0) is 26.0. The summed E-state index contributed by atoms with van der Waals surface area (Å²) in [5.74, 6) is -0.763. The quantitative estimate of drug-likeness (QED) is 0.398. The molecule has 2 N–H and O–H groups in total. The molecule has 0 saturated carbocycles. The van der Waals surface area contributed by atoms with E-state index in [2.05, 4.69) is 17.6 Å². The van der Waals surface area contributed by atoms with Crippen molar-refractivity contribution in [2.75, 3.05) is 18.4 Å². The Balaban J connectivity index is 2.35. The number of ether oxygens (including phenoxy) is 1. The van der Waals surface area contributed by atoms with Gasteiger partial charge >= 0.3 is 6.09 Å². The van der Waals surface area contributed by atoms with Gasteiger partial charge in [0.25, 0.3) is 5.91 Å². The van der Waals surface area contributed by atoms with Crippen LogP contribution < -0.4 is 10.6 Å². The Hall–Kier alpha value is -3.06. The number of alkyl carbamates (subject to hydrolysis) is 1. The summed E-state index contributed by atoms with van der Waals surface area (Å²) in [6.07, 6.45) is 1.89. The van der Waals surface area contributed by atoms with Gasteiger partial charge in [-0.05, 0) is 51.3 Å². The lowest BCUT2D eigenvalue weighted by atomic mass is 10.0. The molecule has 0 heterocycles. The first-order valence-corrected chi connectivity index (χ1v) is 12.3. The number of hydrogen-bond acceptors (Lipinski definition) is 4. The molecule has 0 saturated heterocycles. The largest absolute Gasteiger partial charge is 0.444 e. The number of halogens is 1. The second-order valence-corrected chi connectivity index (χ2v) is 9.79. The Morgan fingerprint density at radius 1 is 1.03 bits per heavy atom. The smallest absolute Gasteiger partial charge is 0.408 e. The molecule has 0 aliphatic rings. The lowest BCUT2D eigenvalue weighted by Crippen LogP contribution is -2.47. The van der Waals surface area contributed by atoms with E-state index in [0.29, 0.717) is 22.8 Å². The van der Waals surface area contributed by atoms with Crippen LogP contribution in [-0.4, -0.2) is 41.5 Å². The first-order valence-electron chi connectivity index (χ1n) is 11.9. The van der Waals surface area contributed by atoms with E-state index >= 15 is 0 Å². The van der Waals surface area contributed by atoms with Gasteiger partial charge in [0.05, 0.1) is 10.7 Å². The van der Waals surface area contributed by atoms with Crippen LogP contribution in [-0.2, 0) is 14.3 Å². The molecule has 1 unspecified atom stereocenters. The summed E-state index contributed by atoms with van der Waals surface area (Å²) in [4.78, 5) is 40.7. The molecule has 2 aromatic carbocycles. The maximum absolute atomic E-state index is 13.6. The van der Waals surface area contributed by atoms with Gasteiger partial charge in [0.2, 0.25) is 5.91 Å². The van der Waals surface area contributed by atoms with Crippen molar-refractivity contribution in [3.8, 4) is 0 Å². The van der Waals surface area contributed by atoms with E-state index in [-0.39, 0.29) is 18.4 Å². The third-order valence-electron chi connectivity index (χ3n) is 5.25. The molecule has 0 radical (unpaired) electrons. The van der Waals surface area contributed by atoms with E-state index in [0.717, 1.165) is 24.8 Å². The van der Waals surface area contributed by atoms with Crippen LogP contribution >= 0.6 is 11.6 Å². The molecule has 7 nitrogen and oxygen atoms in total. The molecule has 8 heteroatoms. The first kappa shape index (κ1) is 28.2. The molecule has 0 spiro atoms. The van der Waals surface area contributed by atoms with Crippen molar-refractivity contribution in [1.82, 2.24) is 10.2 Å². The van der Waals surface area contributed by atoms with Crippen LogP contribution in [0.4, 0.5) is 10.5 Å². The molecule has 190 valence electrons. The van der Waals surface area contributed by atoms with E-state index < -0.39 is 17.7 Å². The highest BCUT2D eigenvalue weighted by Crippen LogP contribution is 2.29. The molecule has 2 rings (SSSR count). The van der Waals surface area contributed by atoms with Crippen LogP contribution in [0, 0.1) is 6.92 Å². The van der Waals surface area contributed by atoms with Gasteiger partial charge in [0.1, 0.15) is 18.2 Å². The van der Waals surface area contributed by atoms with E-state index in [4.69, 9.17) is 16.3 Å². The average Bonchev–Trinajstić information content (AvgIpc) is 2.79. The molecular weight excluding hydrogens is 466 g/mol. The standard InChI is InChI=1S/C27H36ClN3O4/c1-6-7-11-17-31(22(32)18-29-26(34)35-27(3,4)5)24(20-14-9-8-10-15-20)25(33)30-23-19(2)13-12-16-21(23)28/h8-10,12-16,24H,6-7,11,17-18H2,1-5H3,(H,29,34)(H,30,33). The van der Waals surface area contributed by atoms with Gasteiger partial charge in [0, 0.05) is 6.54 Å². The maximum Gasteiger partial charge on any atom is 0.408 e. The van der Waals surface area contributed by atoms with Crippen LogP contribution in [0.15, 0.2) is 48.5 Å². The number of hydrogen-bond donors (Lipinski definition) is 2. The van der Waals surface area contributed by atoms with Gasteiger partial charge in [-0.1, -0.05) is 73.8 Å². The van der Waals surface area contributed by atoms with Crippen molar-refractivity contribution in [1.29, 1.82) is 0 Å². The van der Waals surface area contributed by atoms with Gasteiger partial charge in [-0.15, -0.1) is 0 Å². The normalized spacial score (nSPS) is 11.9. The monoisotopic (exact) mass is 501 g/mol. The SMILES string of the molecule is CCCCCN(C(=O)CNC(=O)OC(C)(C)C)C(C(=O)Nc1c(C)cccc1Cl)c1ccccc1. The van der Waals surface area contributed by atoms with Crippen molar-refractivity contribution in [2.45, 2.75) is 65.5 Å².